The third kappa shape index (κ3) is 4.29. The van der Waals surface area contributed by atoms with Crippen LogP contribution in [0.1, 0.15) is 38.2 Å². The van der Waals surface area contributed by atoms with E-state index in [2.05, 4.69) is 24.3 Å². The number of thioether (sulfide) groups is 1. The first-order valence-corrected chi connectivity index (χ1v) is 11.4. The Balaban J connectivity index is 1.22. The molecule has 0 aliphatic carbocycles. The predicted molar refractivity (Wildman–Crippen MR) is 111 cm³/mol. The van der Waals surface area contributed by atoms with E-state index in [-0.39, 0.29) is 23.3 Å². The van der Waals surface area contributed by atoms with E-state index in [0.717, 1.165) is 25.7 Å². The molecule has 2 atom stereocenters. The summed E-state index contributed by atoms with van der Waals surface area (Å²) < 4.78 is 5.33. The molecule has 1 aromatic rings. The van der Waals surface area contributed by atoms with Crippen LogP contribution in [0.4, 0.5) is 0 Å². The van der Waals surface area contributed by atoms with Gasteiger partial charge in [0.1, 0.15) is 6.04 Å². The summed E-state index contributed by atoms with van der Waals surface area (Å²) in [5.41, 5.74) is 1.34. The lowest BCUT2D eigenvalue weighted by atomic mass is 9.90. The smallest absolute Gasteiger partial charge is 0.330 e. The summed E-state index contributed by atoms with van der Waals surface area (Å²) in [6.45, 7) is 3.17. The summed E-state index contributed by atoms with van der Waals surface area (Å²) in [7, 11) is 0. The summed E-state index contributed by atoms with van der Waals surface area (Å²) in [6.07, 6.45) is 4.21. The largest absolute Gasteiger partial charge is 0.454 e. The van der Waals surface area contributed by atoms with Crippen LogP contribution in [-0.4, -0.2) is 63.9 Å². The van der Waals surface area contributed by atoms with Crippen LogP contribution < -0.4 is 0 Å². The number of fused-ring (bicyclic) bond motifs is 1. The fourth-order valence-electron chi connectivity index (χ4n) is 4.65. The first kappa shape index (κ1) is 20.3. The average molecular weight is 417 g/mol. The lowest BCUT2D eigenvalue weighted by Crippen LogP contribution is -2.47. The maximum absolute atomic E-state index is 12.5. The Hall–Kier alpha value is -2.02. The molecule has 3 aliphatic rings. The van der Waals surface area contributed by atoms with Gasteiger partial charge >= 0.3 is 5.97 Å². The van der Waals surface area contributed by atoms with E-state index >= 15 is 0 Å². The number of esters is 1. The number of carbonyl (C=O) groups excluding carboxylic acids is 3. The number of carbonyl (C=O) groups is 3. The second-order valence-corrected chi connectivity index (χ2v) is 9.89. The highest BCUT2D eigenvalue weighted by Crippen LogP contribution is 2.47. The standard InChI is InChI=1S/C22H28N2O4S/c1-22-10-7-19(25)24(22)18(15-29-22)21(27)28-14-20(26)23-11-8-17(9-12-23)13-16-5-3-2-4-6-16/h2-6,17-18H,7-15H2,1H3/t18-,22+/m0/s1. The van der Waals surface area contributed by atoms with Gasteiger partial charge in [-0.1, -0.05) is 30.3 Å². The number of likely N-dealkylation sites (tertiary alicyclic amines) is 1. The van der Waals surface area contributed by atoms with Crippen LogP contribution in [-0.2, 0) is 25.5 Å². The number of ether oxygens (including phenoxy) is 1. The third-order valence-electron chi connectivity index (χ3n) is 6.39. The molecule has 0 radical (unpaired) electrons. The highest BCUT2D eigenvalue weighted by atomic mass is 32.2. The molecule has 3 heterocycles. The van der Waals surface area contributed by atoms with Gasteiger partial charge in [-0.15, -0.1) is 11.8 Å². The zero-order chi connectivity index (χ0) is 20.4. The van der Waals surface area contributed by atoms with Crippen molar-refractivity contribution in [3.63, 3.8) is 0 Å². The minimum absolute atomic E-state index is 0.00580. The van der Waals surface area contributed by atoms with Gasteiger partial charge in [0.05, 0.1) is 4.87 Å². The molecule has 0 unspecified atom stereocenters. The number of piperidine rings is 1. The Morgan fingerprint density at radius 3 is 2.66 bits per heavy atom. The number of amides is 2. The molecule has 29 heavy (non-hydrogen) atoms. The molecule has 2 amide bonds. The minimum Gasteiger partial charge on any atom is -0.454 e. The van der Waals surface area contributed by atoms with Crippen LogP contribution in [0, 0.1) is 5.92 Å². The van der Waals surface area contributed by atoms with Gasteiger partial charge in [-0.2, -0.15) is 0 Å². The number of hydrogen-bond acceptors (Lipinski definition) is 5. The summed E-state index contributed by atoms with van der Waals surface area (Å²) in [4.78, 5) is 40.3. The van der Waals surface area contributed by atoms with Gasteiger partial charge < -0.3 is 14.5 Å². The maximum atomic E-state index is 12.5. The topological polar surface area (TPSA) is 66.9 Å². The molecular formula is C22H28N2O4S. The van der Waals surface area contributed by atoms with Gasteiger partial charge in [0.15, 0.2) is 6.61 Å². The summed E-state index contributed by atoms with van der Waals surface area (Å²) in [5.74, 6) is 0.534. The Morgan fingerprint density at radius 1 is 1.21 bits per heavy atom. The number of benzene rings is 1. The van der Waals surface area contributed by atoms with Gasteiger partial charge in [0.2, 0.25) is 5.91 Å². The van der Waals surface area contributed by atoms with E-state index in [0.29, 0.717) is 31.2 Å². The summed E-state index contributed by atoms with van der Waals surface area (Å²) in [6, 6.07) is 9.87. The van der Waals surface area contributed by atoms with Crippen molar-refractivity contribution in [2.45, 2.75) is 49.9 Å². The van der Waals surface area contributed by atoms with Gasteiger partial charge in [-0.25, -0.2) is 4.79 Å². The fraction of sp³-hybridized carbons (Fsp3) is 0.591. The fourth-order valence-corrected chi connectivity index (χ4v) is 6.07. The molecule has 0 saturated carbocycles. The Labute approximate surface area is 175 Å². The zero-order valence-corrected chi connectivity index (χ0v) is 17.7. The molecule has 3 aliphatic heterocycles. The molecule has 0 spiro atoms. The van der Waals surface area contributed by atoms with Crippen molar-refractivity contribution in [1.29, 1.82) is 0 Å². The van der Waals surface area contributed by atoms with Gasteiger partial charge in [0, 0.05) is 25.3 Å². The molecule has 7 heteroatoms. The minimum atomic E-state index is -0.565. The van der Waals surface area contributed by atoms with E-state index in [9.17, 15) is 14.4 Å². The first-order chi connectivity index (χ1) is 14.0. The number of nitrogens with zero attached hydrogens (tertiary/aromatic N) is 2. The maximum Gasteiger partial charge on any atom is 0.330 e. The first-order valence-electron chi connectivity index (χ1n) is 10.4. The number of rotatable bonds is 5. The normalized spacial score (nSPS) is 27.2. The molecule has 0 N–H and O–H groups in total. The molecule has 3 fully saturated rings. The van der Waals surface area contributed by atoms with Crippen molar-refractivity contribution in [3.05, 3.63) is 35.9 Å². The van der Waals surface area contributed by atoms with Crippen molar-refractivity contribution in [2.75, 3.05) is 25.4 Å². The van der Waals surface area contributed by atoms with Crippen molar-refractivity contribution in [1.82, 2.24) is 9.80 Å². The van der Waals surface area contributed by atoms with E-state index < -0.39 is 12.0 Å². The van der Waals surface area contributed by atoms with E-state index in [1.54, 1.807) is 21.6 Å². The van der Waals surface area contributed by atoms with Gasteiger partial charge in [0.25, 0.3) is 5.91 Å². The van der Waals surface area contributed by atoms with Crippen molar-refractivity contribution < 1.29 is 19.1 Å². The Morgan fingerprint density at radius 2 is 1.93 bits per heavy atom. The Bertz CT molecular complexity index is 778. The Kier molecular flexibility index (Phi) is 5.86. The van der Waals surface area contributed by atoms with Crippen LogP contribution >= 0.6 is 11.8 Å². The SMILES string of the molecule is C[C@@]12CCC(=O)N1[C@H](C(=O)OCC(=O)N1CCC(Cc3ccccc3)CC1)CS2. The van der Waals surface area contributed by atoms with Crippen LogP contribution in [0.15, 0.2) is 30.3 Å². The summed E-state index contributed by atoms with van der Waals surface area (Å²) >= 11 is 1.63. The highest BCUT2D eigenvalue weighted by Gasteiger charge is 2.53. The van der Waals surface area contributed by atoms with Crippen LogP contribution in [0.2, 0.25) is 0 Å². The van der Waals surface area contributed by atoms with Crippen LogP contribution in [0.3, 0.4) is 0 Å². The molecule has 3 saturated heterocycles. The molecule has 6 nitrogen and oxygen atoms in total. The van der Waals surface area contributed by atoms with E-state index in [1.165, 1.54) is 5.56 Å². The number of hydrogen-bond donors (Lipinski definition) is 0. The molecule has 0 bridgehead atoms. The second kappa shape index (κ2) is 8.38. The molecule has 0 aromatic heterocycles. The predicted octanol–water partition coefficient (Wildman–Crippen LogP) is 2.46. The summed E-state index contributed by atoms with van der Waals surface area (Å²) in [5, 5.41) is 0. The molecular weight excluding hydrogens is 388 g/mol. The van der Waals surface area contributed by atoms with Gasteiger partial charge in [-0.3, -0.25) is 9.59 Å². The lowest BCUT2D eigenvalue weighted by molar-refractivity contribution is -0.158. The van der Waals surface area contributed by atoms with E-state index in [4.69, 9.17) is 4.74 Å². The van der Waals surface area contributed by atoms with Crippen molar-refractivity contribution >= 4 is 29.5 Å². The quantitative estimate of drug-likeness (QED) is 0.690. The second-order valence-electron chi connectivity index (χ2n) is 8.39. The highest BCUT2D eigenvalue weighted by molar-refractivity contribution is 8.01. The molecule has 4 rings (SSSR count). The average Bonchev–Trinajstić information content (AvgIpc) is 3.23. The molecule has 1 aromatic carbocycles. The zero-order valence-electron chi connectivity index (χ0n) is 16.8. The third-order valence-corrected chi connectivity index (χ3v) is 7.89. The van der Waals surface area contributed by atoms with Crippen LogP contribution in [0.5, 0.6) is 0 Å². The van der Waals surface area contributed by atoms with Crippen molar-refractivity contribution in [2.24, 2.45) is 5.92 Å². The monoisotopic (exact) mass is 416 g/mol. The molecule has 156 valence electrons. The lowest BCUT2D eigenvalue weighted by Gasteiger charge is -2.32. The van der Waals surface area contributed by atoms with Crippen molar-refractivity contribution in [3.8, 4) is 0 Å². The van der Waals surface area contributed by atoms with Gasteiger partial charge in [-0.05, 0) is 44.1 Å². The van der Waals surface area contributed by atoms with E-state index in [1.807, 2.05) is 13.0 Å². The van der Waals surface area contributed by atoms with Crippen LogP contribution in [0.25, 0.3) is 0 Å².